The third-order valence-electron chi connectivity index (χ3n) is 4.61. The van der Waals surface area contributed by atoms with Crippen LogP contribution in [0.1, 0.15) is 38.8 Å². The molecule has 2 aromatic heterocycles. The van der Waals surface area contributed by atoms with Gasteiger partial charge in [-0.15, -0.1) is 0 Å². The fraction of sp³-hybridized carbons (Fsp3) is 0.556. The summed E-state index contributed by atoms with van der Waals surface area (Å²) >= 11 is 0. The number of aromatic nitrogens is 4. The van der Waals surface area contributed by atoms with Gasteiger partial charge in [0.15, 0.2) is 0 Å². The Balaban J connectivity index is 1.82. The predicted molar refractivity (Wildman–Crippen MR) is 92.2 cm³/mol. The zero-order valence-corrected chi connectivity index (χ0v) is 14.5. The number of rotatable bonds is 5. The largest absolute Gasteiger partial charge is 0.343 e. The molecule has 1 aliphatic rings. The maximum atomic E-state index is 11.7. The molecule has 0 bridgehead atoms. The van der Waals surface area contributed by atoms with Gasteiger partial charge in [-0.05, 0) is 37.7 Å². The molecule has 1 saturated heterocycles. The SMILES string of the molecule is CCCn1nccc1-c1nccnc1C[C@H]1CCCN(C(C)=O)C1. The smallest absolute Gasteiger partial charge is 0.219 e. The maximum Gasteiger partial charge on any atom is 0.219 e. The van der Waals surface area contributed by atoms with Gasteiger partial charge in [0.05, 0.1) is 11.4 Å². The first-order valence-electron chi connectivity index (χ1n) is 8.76. The van der Waals surface area contributed by atoms with E-state index in [-0.39, 0.29) is 5.91 Å². The van der Waals surface area contributed by atoms with Crippen LogP contribution in [-0.2, 0) is 17.8 Å². The van der Waals surface area contributed by atoms with Crippen LogP contribution in [0.15, 0.2) is 24.7 Å². The Labute approximate surface area is 142 Å². The lowest BCUT2D eigenvalue weighted by atomic mass is 9.92. The van der Waals surface area contributed by atoms with Crippen molar-refractivity contribution in [3.8, 4) is 11.4 Å². The van der Waals surface area contributed by atoms with Crippen molar-refractivity contribution in [2.45, 2.75) is 46.1 Å². The van der Waals surface area contributed by atoms with E-state index < -0.39 is 0 Å². The van der Waals surface area contributed by atoms with E-state index in [9.17, 15) is 4.79 Å². The third kappa shape index (κ3) is 3.63. The molecule has 0 spiro atoms. The summed E-state index contributed by atoms with van der Waals surface area (Å²) < 4.78 is 2.00. The highest BCUT2D eigenvalue weighted by atomic mass is 16.2. The Kier molecular flexibility index (Phi) is 5.23. The summed E-state index contributed by atoms with van der Waals surface area (Å²) in [5.74, 6) is 0.612. The molecule has 24 heavy (non-hydrogen) atoms. The molecule has 1 fully saturated rings. The molecule has 1 atom stereocenters. The second-order valence-electron chi connectivity index (χ2n) is 6.47. The van der Waals surface area contributed by atoms with Gasteiger partial charge in [-0.1, -0.05) is 6.92 Å². The first kappa shape index (κ1) is 16.6. The lowest BCUT2D eigenvalue weighted by Gasteiger charge is -2.32. The van der Waals surface area contributed by atoms with Crippen molar-refractivity contribution in [3.63, 3.8) is 0 Å². The van der Waals surface area contributed by atoms with Crippen LogP contribution < -0.4 is 0 Å². The number of aryl methyl sites for hydroxylation is 1. The first-order valence-corrected chi connectivity index (χ1v) is 8.76. The molecule has 3 rings (SSSR count). The molecule has 0 aliphatic carbocycles. The number of likely N-dealkylation sites (tertiary alicyclic amines) is 1. The lowest BCUT2D eigenvalue weighted by Crippen LogP contribution is -2.39. The van der Waals surface area contributed by atoms with Crippen LogP contribution in [0.2, 0.25) is 0 Å². The molecular formula is C18H25N5O. The van der Waals surface area contributed by atoms with Crippen LogP contribution in [0.25, 0.3) is 11.4 Å². The van der Waals surface area contributed by atoms with Crippen LogP contribution in [-0.4, -0.2) is 43.6 Å². The zero-order chi connectivity index (χ0) is 16.9. The number of hydrogen-bond donors (Lipinski definition) is 0. The monoisotopic (exact) mass is 327 g/mol. The van der Waals surface area contributed by atoms with Gasteiger partial charge >= 0.3 is 0 Å². The van der Waals surface area contributed by atoms with Crippen molar-refractivity contribution in [1.29, 1.82) is 0 Å². The topological polar surface area (TPSA) is 63.9 Å². The third-order valence-corrected chi connectivity index (χ3v) is 4.61. The van der Waals surface area contributed by atoms with E-state index in [2.05, 4.69) is 22.0 Å². The minimum absolute atomic E-state index is 0.167. The van der Waals surface area contributed by atoms with Gasteiger partial charge in [0.25, 0.3) is 0 Å². The summed E-state index contributed by atoms with van der Waals surface area (Å²) in [5, 5.41) is 4.40. The molecule has 0 radical (unpaired) electrons. The summed E-state index contributed by atoms with van der Waals surface area (Å²) in [6.07, 6.45) is 9.39. The normalized spacial score (nSPS) is 17.9. The van der Waals surface area contributed by atoms with Crippen molar-refractivity contribution in [2.24, 2.45) is 5.92 Å². The molecule has 0 unspecified atom stereocenters. The molecule has 0 saturated carbocycles. The minimum atomic E-state index is 0.167. The molecule has 2 aromatic rings. The van der Waals surface area contributed by atoms with Gasteiger partial charge in [-0.25, -0.2) is 0 Å². The van der Waals surface area contributed by atoms with Gasteiger partial charge < -0.3 is 4.90 Å². The van der Waals surface area contributed by atoms with E-state index in [1.54, 1.807) is 19.3 Å². The first-order chi connectivity index (χ1) is 11.7. The Morgan fingerprint density at radius 2 is 2.12 bits per heavy atom. The van der Waals surface area contributed by atoms with Gasteiger partial charge in [0, 0.05) is 45.1 Å². The Morgan fingerprint density at radius 1 is 1.29 bits per heavy atom. The molecule has 6 nitrogen and oxygen atoms in total. The van der Waals surface area contributed by atoms with Crippen molar-refractivity contribution in [3.05, 3.63) is 30.4 Å². The van der Waals surface area contributed by atoms with Crippen molar-refractivity contribution < 1.29 is 4.79 Å². The van der Waals surface area contributed by atoms with Gasteiger partial charge in [-0.2, -0.15) is 5.10 Å². The standard InChI is InChI=1S/C18H25N5O/c1-3-10-23-17(6-7-21-23)18-16(19-8-9-20-18)12-15-5-4-11-22(13-15)14(2)24/h6-9,15H,3-5,10-13H2,1-2H3/t15-/m1/s1. The summed E-state index contributed by atoms with van der Waals surface area (Å²) in [7, 11) is 0. The van der Waals surface area contributed by atoms with E-state index in [1.165, 1.54) is 0 Å². The van der Waals surface area contributed by atoms with Gasteiger partial charge in [-0.3, -0.25) is 19.4 Å². The predicted octanol–water partition coefficient (Wildman–Crippen LogP) is 2.55. The molecular weight excluding hydrogens is 302 g/mol. The van der Waals surface area contributed by atoms with E-state index >= 15 is 0 Å². The summed E-state index contributed by atoms with van der Waals surface area (Å²) in [4.78, 5) is 22.8. The Morgan fingerprint density at radius 3 is 2.92 bits per heavy atom. The Hall–Kier alpha value is -2.24. The number of nitrogens with zero attached hydrogens (tertiary/aromatic N) is 5. The van der Waals surface area contributed by atoms with Crippen LogP contribution in [0.4, 0.5) is 0 Å². The van der Waals surface area contributed by atoms with Crippen molar-refractivity contribution in [1.82, 2.24) is 24.6 Å². The van der Waals surface area contributed by atoms with Crippen LogP contribution in [0.5, 0.6) is 0 Å². The molecule has 0 N–H and O–H groups in total. The number of carbonyl (C=O) groups is 1. The highest BCUT2D eigenvalue weighted by Gasteiger charge is 2.24. The number of hydrogen-bond acceptors (Lipinski definition) is 4. The lowest BCUT2D eigenvalue weighted by molar-refractivity contribution is -0.130. The van der Waals surface area contributed by atoms with Crippen molar-refractivity contribution in [2.75, 3.05) is 13.1 Å². The second-order valence-corrected chi connectivity index (χ2v) is 6.47. The zero-order valence-electron chi connectivity index (χ0n) is 14.5. The fourth-order valence-electron chi connectivity index (χ4n) is 3.45. The Bertz CT molecular complexity index is 696. The number of amides is 1. The molecule has 0 aromatic carbocycles. The quantitative estimate of drug-likeness (QED) is 0.846. The molecule has 128 valence electrons. The van der Waals surface area contributed by atoms with E-state index in [0.29, 0.717) is 5.92 Å². The van der Waals surface area contributed by atoms with Crippen LogP contribution in [0, 0.1) is 5.92 Å². The molecule has 3 heterocycles. The number of piperidine rings is 1. The fourth-order valence-corrected chi connectivity index (χ4v) is 3.45. The number of carbonyl (C=O) groups excluding carboxylic acids is 1. The van der Waals surface area contributed by atoms with E-state index in [0.717, 1.165) is 62.4 Å². The average Bonchev–Trinajstić information content (AvgIpc) is 3.04. The molecule has 1 aliphatic heterocycles. The average molecular weight is 327 g/mol. The minimum Gasteiger partial charge on any atom is -0.343 e. The van der Waals surface area contributed by atoms with Crippen LogP contribution >= 0.6 is 0 Å². The molecule has 6 heteroatoms. The van der Waals surface area contributed by atoms with Crippen LogP contribution in [0.3, 0.4) is 0 Å². The van der Waals surface area contributed by atoms with Gasteiger partial charge in [0.2, 0.25) is 5.91 Å². The second kappa shape index (κ2) is 7.55. The maximum absolute atomic E-state index is 11.7. The van der Waals surface area contributed by atoms with E-state index in [1.807, 2.05) is 21.8 Å². The summed E-state index contributed by atoms with van der Waals surface area (Å²) in [5.41, 5.74) is 2.95. The van der Waals surface area contributed by atoms with Gasteiger partial charge in [0.1, 0.15) is 5.69 Å². The highest BCUT2D eigenvalue weighted by molar-refractivity contribution is 5.73. The van der Waals surface area contributed by atoms with Crippen molar-refractivity contribution >= 4 is 5.91 Å². The van der Waals surface area contributed by atoms with E-state index in [4.69, 9.17) is 0 Å². The summed E-state index contributed by atoms with van der Waals surface area (Å²) in [6, 6.07) is 2.01. The summed E-state index contributed by atoms with van der Waals surface area (Å²) in [6.45, 7) is 6.36. The highest BCUT2D eigenvalue weighted by Crippen LogP contribution is 2.25. The molecule has 1 amide bonds.